The minimum atomic E-state index is -0.527. The molecule has 208 valence electrons. The van der Waals surface area contributed by atoms with Crippen LogP contribution in [0.5, 0.6) is 6.01 Å². The second-order valence-electron chi connectivity index (χ2n) is 11.5. The lowest BCUT2D eigenvalue weighted by atomic mass is 9.73. The Balaban J connectivity index is 1.34. The number of aryl methyl sites for hydroxylation is 1. The summed E-state index contributed by atoms with van der Waals surface area (Å²) >= 11 is 6.86. The number of carbonyl (C=O) groups is 1. The zero-order valence-corrected chi connectivity index (χ0v) is 23.3. The summed E-state index contributed by atoms with van der Waals surface area (Å²) in [5, 5.41) is 12.1. The number of carbonyl (C=O) groups excluding carboxylic acids is 1. The molecule has 1 spiro atoms. The number of amides is 1. The Kier molecular flexibility index (Phi) is 6.08. The van der Waals surface area contributed by atoms with Crippen LogP contribution in [0.15, 0.2) is 24.4 Å². The first-order valence-corrected chi connectivity index (χ1v) is 14.2. The number of fused-ring (bicyclic) bond motifs is 2. The molecule has 2 aromatic carbocycles. The number of anilines is 1. The molecule has 11 heteroatoms. The molecule has 9 nitrogen and oxygen atoms in total. The SMILES string of the molecule is Cc1ccc2[nH]ncc2c1-c1c(Cl)cc2c(N3CCC4(CC3)CNC4)nc(OCC3CCN(C)C3=O)nc2c1F. The van der Waals surface area contributed by atoms with E-state index in [0.717, 1.165) is 55.5 Å². The van der Waals surface area contributed by atoms with Gasteiger partial charge in [-0.05, 0) is 49.3 Å². The Bertz CT molecular complexity index is 1640. The molecule has 3 fully saturated rings. The lowest BCUT2D eigenvalue weighted by Crippen LogP contribution is -2.58. The van der Waals surface area contributed by atoms with Crippen LogP contribution in [0.1, 0.15) is 24.8 Å². The first kappa shape index (κ1) is 25.5. The lowest BCUT2D eigenvalue weighted by Gasteiger charge is -2.48. The average Bonchev–Trinajstić information content (AvgIpc) is 3.54. The van der Waals surface area contributed by atoms with Crippen molar-refractivity contribution in [1.82, 2.24) is 30.4 Å². The van der Waals surface area contributed by atoms with Crippen molar-refractivity contribution in [3.8, 4) is 17.1 Å². The molecule has 0 aliphatic carbocycles. The van der Waals surface area contributed by atoms with E-state index >= 15 is 4.39 Å². The van der Waals surface area contributed by atoms with Crippen LogP contribution in [-0.4, -0.2) is 77.4 Å². The second-order valence-corrected chi connectivity index (χ2v) is 11.9. The Hall–Kier alpha value is -3.50. The van der Waals surface area contributed by atoms with Gasteiger partial charge in [0.15, 0.2) is 5.82 Å². The summed E-state index contributed by atoms with van der Waals surface area (Å²) in [6.45, 7) is 6.44. The smallest absolute Gasteiger partial charge is 0.319 e. The molecule has 0 radical (unpaired) electrons. The fourth-order valence-electron chi connectivity index (χ4n) is 6.40. The van der Waals surface area contributed by atoms with Gasteiger partial charge < -0.3 is 19.9 Å². The molecule has 3 saturated heterocycles. The van der Waals surface area contributed by atoms with Crippen LogP contribution in [0.2, 0.25) is 5.02 Å². The van der Waals surface area contributed by atoms with Gasteiger partial charge in [0.25, 0.3) is 0 Å². The number of halogens is 2. The van der Waals surface area contributed by atoms with E-state index in [9.17, 15) is 4.79 Å². The van der Waals surface area contributed by atoms with Crippen LogP contribution < -0.4 is 15.0 Å². The van der Waals surface area contributed by atoms with Gasteiger partial charge in [-0.15, -0.1) is 0 Å². The van der Waals surface area contributed by atoms with Gasteiger partial charge in [-0.1, -0.05) is 17.7 Å². The molecule has 1 amide bonds. The summed E-state index contributed by atoms with van der Waals surface area (Å²) < 4.78 is 22.7. The molecule has 1 unspecified atom stereocenters. The number of ether oxygens (including phenoxy) is 1. The highest BCUT2D eigenvalue weighted by Gasteiger charge is 2.40. The maximum atomic E-state index is 16.6. The fourth-order valence-corrected chi connectivity index (χ4v) is 6.69. The van der Waals surface area contributed by atoms with Crippen molar-refractivity contribution in [2.75, 3.05) is 51.3 Å². The summed E-state index contributed by atoms with van der Waals surface area (Å²) in [6, 6.07) is 5.69. The first-order valence-electron chi connectivity index (χ1n) is 13.8. The van der Waals surface area contributed by atoms with Gasteiger partial charge in [0, 0.05) is 61.7 Å². The molecule has 0 saturated carbocycles. The number of likely N-dealkylation sites (tertiary alicyclic amines) is 1. The van der Waals surface area contributed by atoms with Crippen molar-refractivity contribution < 1.29 is 13.9 Å². The average molecular weight is 564 g/mol. The molecular formula is C29H31ClFN7O2. The Morgan fingerprint density at radius 1 is 1.15 bits per heavy atom. The number of piperidine rings is 1. The van der Waals surface area contributed by atoms with E-state index in [1.807, 2.05) is 19.1 Å². The highest BCUT2D eigenvalue weighted by molar-refractivity contribution is 6.35. The Morgan fingerprint density at radius 3 is 2.65 bits per heavy atom. The number of benzene rings is 2. The van der Waals surface area contributed by atoms with Crippen LogP contribution in [0.3, 0.4) is 0 Å². The van der Waals surface area contributed by atoms with Gasteiger partial charge >= 0.3 is 6.01 Å². The molecule has 3 aliphatic rings. The number of rotatable bonds is 5. The highest BCUT2D eigenvalue weighted by atomic mass is 35.5. The van der Waals surface area contributed by atoms with Crippen molar-refractivity contribution in [1.29, 1.82) is 0 Å². The lowest BCUT2D eigenvalue weighted by molar-refractivity contribution is -0.130. The number of nitrogens with zero attached hydrogens (tertiary/aromatic N) is 5. The number of hydrogen-bond donors (Lipinski definition) is 2. The Morgan fingerprint density at radius 2 is 1.95 bits per heavy atom. The molecule has 2 aromatic heterocycles. The zero-order valence-electron chi connectivity index (χ0n) is 22.6. The van der Waals surface area contributed by atoms with Crippen molar-refractivity contribution in [2.45, 2.75) is 26.2 Å². The number of aromatic amines is 1. The molecule has 5 heterocycles. The molecule has 3 aliphatic heterocycles. The van der Waals surface area contributed by atoms with Crippen LogP contribution in [0.25, 0.3) is 32.9 Å². The fraction of sp³-hybridized carbons (Fsp3) is 0.448. The molecule has 2 N–H and O–H groups in total. The minimum Gasteiger partial charge on any atom is -0.463 e. The van der Waals surface area contributed by atoms with Crippen LogP contribution in [0.4, 0.5) is 10.2 Å². The topological polar surface area (TPSA) is 99.3 Å². The minimum absolute atomic E-state index is 0.0420. The van der Waals surface area contributed by atoms with E-state index < -0.39 is 5.82 Å². The monoisotopic (exact) mass is 563 g/mol. The standard InChI is InChI=1S/C29H31ClFN7O2/c1-16-3-4-21-19(12-33-36-21)22(16)23-20(30)11-18-25(24(23)31)34-28(40-13-17-5-8-37(2)27(17)39)35-26(18)38-9-6-29(7-10-38)14-32-15-29/h3-4,11-12,17,32H,5-10,13-15H2,1-2H3,(H,33,36). The predicted molar refractivity (Wildman–Crippen MR) is 152 cm³/mol. The summed E-state index contributed by atoms with van der Waals surface area (Å²) in [4.78, 5) is 25.7. The summed E-state index contributed by atoms with van der Waals surface area (Å²) in [5.41, 5.74) is 3.11. The molecular weight excluding hydrogens is 533 g/mol. The number of H-pyrrole nitrogens is 1. The normalized spacial score (nSPS) is 20.6. The largest absolute Gasteiger partial charge is 0.463 e. The summed E-state index contributed by atoms with van der Waals surface area (Å²) in [5.74, 6) is -0.134. The first-order chi connectivity index (χ1) is 19.3. The van der Waals surface area contributed by atoms with Gasteiger partial charge in [0.2, 0.25) is 5.91 Å². The molecule has 7 rings (SSSR count). The predicted octanol–water partition coefficient (Wildman–Crippen LogP) is 4.32. The van der Waals surface area contributed by atoms with Gasteiger partial charge in [-0.2, -0.15) is 15.1 Å². The van der Waals surface area contributed by atoms with E-state index in [1.54, 1.807) is 24.2 Å². The number of nitrogens with one attached hydrogen (secondary N) is 2. The van der Waals surface area contributed by atoms with Crippen molar-refractivity contribution >= 4 is 45.1 Å². The number of hydrogen-bond acceptors (Lipinski definition) is 7. The third-order valence-electron chi connectivity index (χ3n) is 9.00. The van der Waals surface area contributed by atoms with E-state index in [4.69, 9.17) is 21.3 Å². The molecule has 4 aromatic rings. The molecule has 40 heavy (non-hydrogen) atoms. The second kappa shape index (κ2) is 9.55. The third kappa shape index (κ3) is 4.07. The zero-order chi connectivity index (χ0) is 27.6. The van der Waals surface area contributed by atoms with Crippen molar-refractivity contribution in [3.63, 3.8) is 0 Å². The van der Waals surface area contributed by atoms with Gasteiger partial charge in [-0.3, -0.25) is 9.89 Å². The highest BCUT2D eigenvalue weighted by Crippen LogP contribution is 2.43. The maximum Gasteiger partial charge on any atom is 0.319 e. The van der Waals surface area contributed by atoms with E-state index in [0.29, 0.717) is 35.1 Å². The van der Waals surface area contributed by atoms with Gasteiger partial charge in [-0.25, -0.2) is 4.39 Å². The van der Waals surface area contributed by atoms with Crippen molar-refractivity contribution in [2.24, 2.45) is 11.3 Å². The Labute approximate surface area is 236 Å². The number of aromatic nitrogens is 4. The van der Waals surface area contributed by atoms with E-state index in [1.165, 1.54) is 0 Å². The summed E-state index contributed by atoms with van der Waals surface area (Å²) in [7, 11) is 1.79. The van der Waals surface area contributed by atoms with E-state index in [2.05, 4.69) is 25.4 Å². The third-order valence-corrected chi connectivity index (χ3v) is 9.30. The molecule has 0 bridgehead atoms. The van der Waals surface area contributed by atoms with Crippen LogP contribution >= 0.6 is 11.6 Å². The quantitative estimate of drug-likeness (QED) is 0.373. The van der Waals surface area contributed by atoms with Crippen molar-refractivity contribution in [3.05, 3.63) is 40.8 Å². The van der Waals surface area contributed by atoms with Crippen LogP contribution in [0, 0.1) is 24.1 Å². The van der Waals surface area contributed by atoms with Gasteiger partial charge in [0.05, 0.1) is 22.7 Å². The van der Waals surface area contributed by atoms with E-state index in [-0.39, 0.29) is 40.5 Å². The van der Waals surface area contributed by atoms with Crippen LogP contribution in [-0.2, 0) is 4.79 Å². The maximum absolute atomic E-state index is 16.6. The van der Waals surface area contributed by atoms with Gasteiger partial charge in [0.1, 0.15) is 17.9 Å². The summed E-state index contributed by atoms with van der Waals surface area (Å²) in [6.07, 6.45) is 4.45. The molecule has 1 atom stereocenters.